The van der Waals surface area contributed by atoms with Gasteiger partial charge in [-0.1, -0.05) is 57.0 Å². The molecule has 0 saturated heterocycles. The fourth-order valence-corrected chi connectivity index (χ4v) is 1.64. The van der Waals surface area contributed by atoms with Crippen molar-refractivity contribution >= 4 is 5.57 Å². The van der Waals surface area contributed by atoms with Crippen LogP contribution in [-0.2, 0) is 0 Å². The maximum atomic E-state index is 3.07. The van der Waals surface area contributed by atoms with Gasteiger partial charge in [0.15, 0.2) is 0 Å². The molecule has 0 aliphatic heterocycles. The Hall–Kier alpha value is -1.52. The van der Waals surface area contributed by atoms with Gasteiger partial charge in [-0.05, 0) is 43.2 Å². The summed E-state index contributed by atoms with van der Waals surface area (Å²) in [6.45, 7) is 12.3. The maximum Gasteiger partial charge on any atom is -0.0100 e. The van der Waals surface area contributed by atoms with E-state index in [0.29, 0.717) is 0 Å². The third-order valence-corrected chi connectivity index (χ3v) is 2.15. The highest BCUT2D eigenvalue weighted by atomic mass is 14.0. The van der Waals surface area contributed by atoms with Crippen LogP contribution in [0, 0.1) is 13.8 Å². The van der Waals surface area contributed by atoms with Gasteiger partial charge in [0, 0.05) is 0 Å². The molecule has 1 aliphatic carbocycles. The molecule has 0 fully saturated rings. The highest BCUT2D eigenvalue weighted by Crippen LogP contribution is 2.20. The van der Waals surface area contributed by atoms with E-state index in [1.807, 2.05) is 39.8 Å². The van der Waals surface area contributed by atoms with Crippen molar-refractivity contribution in [3.63, 3.8) is 0 Å². The highest BCUT2D eigenvalue weighted by molar-refractivity contribution is 5.77. The molecule has 0 N–H and O–H groups in total. The number of rotatable bonds is 1. The van der Waals surface area contributed by atoms with Crippen LogP contribution in [0.5, 0.6) is 0 Å². The maximum absolute atomic E-state index is 3.07. The van der Waals surface area contributed by atoms with E-state index in [0.717, 1.165) is 0 Å². The lowest BCUT2D eigenvalue weighted by Gasteiger charge is -2.03. The van der Waals surface area contributed by atoms with Gasteiger partial charge in [-0.3, -0.25) is 0 Å². The first-order chi connectivity index (χ1) is 8.25. The van der Waals surface area contributed by atoms with Crippen LogP contribution < -0.4 is 0 Å². The summed E-state index contributed by atoms with van der Waals surface area (Å²) >= 11 is 0. The van der Waals surface area contributed by atoms with Crippen LogP contribution in [0.15, 0.2) is 42.2 Å². The lowest BCUT2D eigenvalue weighted by Crippen LogP contribution is -1.84. The van der Waals surface area contributed by atoms with Crippen LogP contribution in [0.3, 0.4) is 0 Å². The monoisotopic (exact) mass is 228 g/mol. The summed E-state index contributed by atoms with van der Waals surface area (Å²) in [6.07, 6.45) is 6.06. The molecule has 0 atom stereocenters. The van der Waals surface area contributed by atoms with Gasteiger partial charge in [0.2, 0.25) is 0 Å². The first-order valence-electron chi connectivity index (χ1n) is 6.47. The van der Waals surface area contributed by atoms with Crippen molar-refractivity contribution in [2.75, 3.05) is 0 Å². The van der Waals surface area contributed by atoms with Gasteiger partial charge in [0.05, 0.1) is 0 Å². The molecule has 0 nitrogen and oxygen atoms in total. The Bertz CT molecular complexity index is 407. The van der Waals surface area contributed by atoms with E-state index < -0.39 is 0 Å². The smallest absolute Gasteiger partial charge is 0.0100 e. The van der Waals surface area contributed by atoms with Crippen molar-refractivity contribution < 1.29 is 0 Å². The Morgan fingerprint density at radius 1 is 0.824 bits per heavy atom. The van der Waals surface area contributed by atoms with Crippen LogP contribution in [0.4, 0.5) is 0 Å². The lowest BCUT2D eigenvalue weighted by atomic mass is 10.0. The molecule has 0 heterocycles. The van der Waals surface area contributed by atoms with Gasteiger partial charge in [0.1, 0.15) is 0 Å². The van der Waals surface area contributed by atoms with Gasteiger partial charge in [-0.15, -0.1) is 5.73 Å². The molecule has 0 heteroatoms. The predicted molar refractivity (Wildman–Crippen MR) is 79.2 cm³/mol. The molecule has 0 amide bonds. The fourth-order valence-electron chi connectivity index (χ4n) is 1.64. The lowest BCUT2D eigenvalue weighted by molar-refractivity contribution is 1.37. The van der Waals surface area contributed by atoms with Crippen LogP contribution in [0.2, 0.25) is 0 Å². The number of hydrogen-bond donors (Lipinski definition) is 0. The van der Waals surface area contributed by atoms with Gasteiger partial charge in [-0.2, -0.15) is 0 Å². The molecule has 0 saturated carbocycles. The summed E-state index contributed by atoms with van der Waals surface area (Å²) in [7, 11) is 0. The number of allylic oxidation sites excluding steroid dienone is 3. The Balaban J connectivity index is 0.000000581. The number of benzene rings is 1. The molecule has 0 spiro atoms. The Morgan fingerprint density at radius 2 is 1.35 bits per heavy atom. The molecular formula is C17H24. The average molecular weight is 228 g/mol. The summed E-state index contributed by atoms with van der Waals surface area (Å²) in [6, 6.07) is 6.60. The molecule has 1 aromatic rings. The van der Waals surface area contributed by atoms with Crippen molar-refractivity contribution in [3.8, 4) is 0 Å². The minimum Gasteiger partial charge on any atom is -0.120 e. The van der Waals surface area contributed by atoms with Crippen LogP contribution in [-0.4, -0.2) is 0 Å². The molecule has 17 heavy (non-hydrogen) atoms. The largest absolute Gasteiger partial charge is 0.120 e. The van der Waals surface area contributed by atoms with Crippen molar-refractivity contribution in [2.45, 2.75) is 41.5 Å². The SMILES string of the molecule is CC.CC.Cc1cc(C)cc(C2=CC=C=C2)c1. The molecule has 2 rings (SSSR count). The molecule has 0 unspecified atom stereocenters. The second kappa shape index (κ2) is 8.61. The van der Waals surface area contributed by atoms with E-state index in [4.69, 9.17) is 0 Å². The van der Waals surface area contributed by atoms with E-state index in [2.05, 4.69) is 43.9 Å². The zero-order chi connectivity index (χ0) is 13.3. The summed E-state index contributed by atoms with van der Waals surface area (Å²) in [5.41, 5.74) is 8.25. The van der Waals surface area contributed by atoms with E-state index >= 15 is 0 Å². The van der Waals surface area contributed by atoms with Crippen molar-refractivity contribution in [1.29, 1.82) is 0 Å². The zero-order valence-corrected chi connectivity index (χ0v) is 12.0. The standard InChI is InChI=1S/C13H12.2C2H6/c1-10-7-11(2)9-13(8-10)12-5-3-4-6-12;2*1-2/h3,5-9H,1-2H3;2*1-2H3. The minimum absolute atomic E-state index is 1.26. The molecule has 1 aromatic carbocycles. The Kier molecular flexibility index (Phi) is 7.84. The third kappa shape index (κ3) is 4.89. The zero-order valence-electron chi connectivity index (χ0n) is 12.0. The molecule has 0 aromatic heterocycles. The van der Waals surface area contributed by atoms with Crippen LogP contribution in [0.1, 0.15) is 44.4 Å². The van der Waals surface area contributed by atoms with E-state index in [1.165, 1.54) is 22.3 Å². The predicted octanol–water partition coefficient (Wildman–Crippen LogP) is 5.46. The van der Waals surface area contributed by atoms with Crippen molar-refractivity contribution in [2.24, 2.45) is 0 Å². The van der Waals surface area contributed by atoms with Crippen molar-refractivity contribution in [3.05, 3.63) is 58.8 Å². The van der Waals surface area contributed by atoms with Crippen LogP contribution >= 0.6 is 0 Å². The molecule has 92 valence electrons. The molecular weight excluding hydrogens is 204 g/mol. The van der Waals surface area contributed by atoms with E-state index in [9.17, 15) is 0 Å². The van der Waals surface area contributed by atoms with Gasteiger partial charge in [0.25, 0.3) is 0 Å². The van der Waals surface area contributed by atoms with Gasteiger partial charge < -0.3 is 0 Å². The van der Waals surface area contributed by atoms with Gasteiger partial charge >= 0.3 is 0 Å². The second-order valence-corrected chi connectivity index (χ2v) is 3.48. The van der Waals surface area contributed by atoms with Crippen LogP contribution in [0.25, 0.3) is 5.57 Å². The van der Waals surface area contributed by atoms with Crippen molar-refractivity contribution in [1.82, 2.24) is 0 Å². The second-order valence-electron chi connectivity index (χ2n) is 3.48. The molecule has 1 aliphatic rings. The quantitative estimate of drug-likeness (QED) is 0.559. The highest BCUT2D eigenvalue weighted by Gasteiger charge is 2.00. The van der Waals surface area contributed by atoms with E-state index in [1.54, 1.807) is 0 Å². The van der Waals surface area contributed by atoms with E-state index in [-0.39, 0.29) is 0 Å². The van der Waals surface area contributed by atoms with Gasteiger partial charge in [-0.25, -0.2) is 0 Å². The number of aryl methyl sites for hydroxylation is 2. The normalized spacial score (nSPS) is 11.1. The Labute approximate surface area is 106 Å². The molecule has 0 bridgehead atoms. The first-order valence-corrected chi connectivity index (χ1v) is 6.47. The topological polar surface area (TPSA) is 0 Å². The first kappa shape index (κ1) is 15.5. The summed E-state index contributed by atoms with van der Waals surface area (Å²) in [5.74, 6) is 0. The average Bonchev–Trinajstić information content (AvgIpc) is 2.86. The minimum atomic E-state index is 1.26. The summed E-state index contributed by atoms with van der Waals surface area (Å²) in [4.78, 5) is 0. The summed E-state index contributed by atoms with van der Waals surface area (Å²) < 4.78 is 0. The fraction of sp³-hybridized carbons (Fsp3) is 0.353. The Morgan fingerprint density at radius 3 is 1.76 bits per heavy atom. The number of hydrogen-bond acceptors (Lipinski definition) is 0. The summed E-state index contributed by atoms with van der Waals surface area (Å²) in [5, 5.41) is 0. The molecule has 0 radical (unpaired) electrons. The third-order valence-electron chi connectivity index (χ3n) is 2.15.